The molecule has 50 heavy (non-hydrogen) atoms. The van der Waals surface area contributed by atoms with E-state index in [1.165, 1.54) is 0 Å². The lowest BCUT2D eigenvalue weighted by Crippen LogP contribution is -2.63. The Labute approximate surface area is 295 Å². The van der Waals surface area contributed by atoms with Crippen molar-refractivity contribution in [3.63, 3.8) is 0 Å². The highest BCUT2D eigenvalue weighted by Gasteiger charge is 2.65. The van der Waals surface area contributed by atoms with E-state index < -0.39 is 11.8 Å². The molecule has 1 fully saturated rings. The summed E-state index contributed by atoms with van der Waals surface area (Å²) in [5.41, 5.74) is 4.77. The van der Waals surface area contributed by atoms with Gasteiger partial charge in [0.1, 0.15) is 30.8 Å². The minimum absolute atomic E-state index is 0.0630. The lowest BCUT2D eigenvalue weighted by atomic mass is 9.55. The van der Waals surface area contributed by atoms with Gasteiger partial charge in [0.2, 0.25) is 5.79 Å². The van der Waals surface area contributed by atoms with Crippen molar-refractivity contribution in [3.05, 3.63) is 97.3 Å². The van der Waals surface area contributed by atoms with Crippen LogP contribution in [-0.2, 0) is 9.57 Å². The molecule has 6 unspecified atom stereocenters. The maximum atomic E-state index is 9.83. The number of hydrogen-bond acceptors (Lipinski definition) is 9. The Morgan fingerprint density at radius 2 is 1.80 bits per heavy atom. The third-order valence-corrected chi connectivity index (χ3v) is 10.3. The van der Waals surface area contributed by atoms with E-state index in [0.29, 0.717) is 19.6 Å². The molecular formula is C40H50N4O6. The van der Waals surface area contributed by atoms with Gasteiger partial charge in [0.05, 0.1) is 30.1 Å². The van der Waals surface area contributed by atoms with E-state index in [4.69, 9.17) is 29.4 Å². The highest BCUT2D eigenvalue weighted by atomic mass is 16.7. The molecule has 1 aromatic heterocycles. The first-order valence-corrected chi connectivity index (χ1v) is 18.0. The Morgan fingerprint density at radius 3 is 2.54 bits per heavy atom. The third-order valence-electron chi connectivity index (χ3n) is 10.3. The molecule has 10 nitrogen and oxygen atoms in total. The largest absolute Gasteiger partial charge is 0.490 e. The van der Waals surface area contributed by atoms with Crippen molar-refractivity contribution in [2.75, 3.05) is 33.0 Å². The maximum absolute atomic E-state index is 9.83. The van der Waals surface area contributed by atoms with E-state index >= 15 is 0 Å². The van der Waals surface area contributed by atoms with E-state index in [1.54, 1.807) is 18.3 Å². The number of ether oxygens (including phenoxy) is 3. The fourth-order valence-electron chi connectivity index (χ4n) is 8.25. The molecule has 0 amide bonds. The van der Waals surface area contributed by atoms with E-state index in [-0.39, 0.29) is 43.5 Å². The highest BCUT2D eigenvalue weighted by Crippen LogP contribution is 2.63. The van der Waals surface area contributed by atoms with Crippen LogP contribution in [0.5, 0.6) is 11.5 Å². The lowest BCUT2D eigenvalue weighted by Gasteiger charge is -2.58. The van der Waals surface area contributed by atoms with Gasteiger partial charge >= 0.3 is 0 Å². The van der Waals surface area contributed by atoms with Gasteiger partial charge in [0.15, 0.2) is 0 Å². The lowest BCUT2D eigenvalue weighted by molar-refractivity contribution is -0.251. The summed E-state index contributed by atoms with van der Waals surface area (Å²) in [4.78, 5) is 5.83. The Bertz CT molecular complexity index is 1650. The predicted octanol–water partition coefficient (Wildman–Crippen LogP) is 7.04. The number of hydrogen-bond donors (Lipinski definition) is 2. The van der Waals surface area contributed by atoms with Crippen LogP contribution in [0.4, 0.5) is 0 Å². The molecule has 3 aromatic rings. The van der Waals surface area contributed by atoms with Crippen molar-refractivity contribution in [1.29, 1.82) is 0 Å². The summed E-state index contributed by atoms with van der Waals surface area (Å²) in [6.45, 7) is 11.2. The number of fused-ring (bicyclic) bond motifs is 2. The molecular weight excluding hydrogens is 632 g/mol. The van der Waals surface area contributed by atoms with E-state index in [1.807, 2.05) is 41.9 Å². The van der Waals surface area contributed by atoms with Crippen molar-refractivity contribution >= 4 is 5.71 Å². The van der Waals surface area contributed by atoms with Crippen LogP contribution in [-0.4, -0.2) is 69.7 Å². The van der Waals surface area contributed by atoms with Crippen molar-refractivity contribution in [1.82, 2.24) is 15.0 Å². The Balaban J connectivity index is 1.61. The highest BCUT2D eigenvalue weighted by molar-refractivity contribution is 6.02. The summed E-state index contributed by atoms with van der Waals surface area (Å²) in [6, 6.07) is 15.7. The number of oxime groups is 1. The molecule has 1 aliphatic heterocycles. The average Bonchev–Trinajstić information content (AvgIpc) is 3.64. The zero-order valence-corrected chi connectivity index (χ0v) is 29.0. The molecule has 2 N–H and O–H groups in total. The molecule has 0 bridgehead atoms. The van der Waals surface area contributed by atoms with Gasteiger partial charge in [-0.15, -0.1) is 11.7 Å². The van der Waals surface area contributed by atoms with Gasteiger partial charge in [-0.1, -0.05) is 78.3 Å². The minimum atomic E-state index is -1.21. The van der Waals surface area contributed by atoms with Crippen LogP contribution in [0.3, 0.4) is 0 Å². The number of aliphatic hydroxyl groups excluding tert-OH is 2. The van der Waals surface area contributed by atoms with Crippen molar-refractivity contribution in [3.8, 4) is 22.8 Å². The molecule has 6 atom stereocenters. The quantitative estimate of drug-likeness (QED) is 0.0834. The first-order chi connectivity index (χ1) is 24.6. The SMILES string of the molecule is C=CCOc1ccc2c(c1)C1C(CCCCO)C(CCCCO)C=C3C(=NOCC)CC(n4nncc4-c4ccccc4)C(OCC=C)(O2)C31. The number of rotatable bonds is 18. The second kappa shape index (κ2) is 16.6. The van der Waals surface area contributed by atoms with Crippen LogP contribution >= 0.6 is 0 Å². The van der Waals surface area contributed by atoms with Crippen LogP contribution in [0.25, 0.3) is 11.3 Å². The van der Waals surface area contributed by atoms with Gasteiger partial charge in [-0.25, -0.2) is 4.68 Å². The van der Waals surface area contributed by atoms with Gasteiger partial charge < -0.3 is 29.3 Å². The van der Waals surface area contributed by atoms with Crippen LogP contribution in [0.1, 0.15) is 69.4 Å². The van der Waals surface area contributed by atoms with Crippen molar-refractivity contribution in [2.24, 2.45) is 22.9 Å². The summed E-state index contributed by atoms with van der Waals surface area (Å²) in [5, 5.41) is 33.4. The van der Waals surface area contributed by atoms with Gasteiger partial charge in [0, 0.05) is 36.7 Å². The zero-order chi connectivity index (χ0) is 34.9. The van der Waals surface area contributed by atoms with Crippen molar-refractivity contribution in [2.45, 2.75) is 69.6 Å². The topological polar surface area (TPSA) is 120 Å². The molecule has 0 saturated heterocycles. The van der Waals surface area contributed by atoms with Gasteiger partial charge in [-0.2, -0.15) is 0 Å². The molecule has 2 aromatic carbocycles. The summed E-state index contributed by atoms with van der Waals surface area (Å²) in [5.74, 6) is 0.263. The number of unbranched alkanes of at least 4 members (excludes halogenated alkanes) is 2. The van der Waals surface area contributed by atoms with Gasteiger partial charge in [-0.05, 0) is 68.2 Å². The molecule has 6 rings (SSSR count). The molecule has 1 saturated carbocycles. The van der Waals surface area contributed by atoms with Crippen LogP contribution in [0.2, 0.25) is 0 Å². The van der Waals surface area contributed by atoms with Crippen LogP contribution < -0.4 is 9.47 Å². The fourth-order valence-corrected chi connectivity index (χ4v) is 8.25. The second-order valence-corrected chi connectivity index (χ2v) is 13.2. The predicted molar refractivity (Wildman–Crippen MR) is 193 cm³/mol. The van der Waals surface area contributed by atoms with E-state index in [2.05, 4.69) is 42.5 Å². The standard InChI is InChI=1S/C40H50N4O6/c1-4-22-47-30-18-19-36-33(25-30)38-31(17-11-13-21-46)29(16-10-12-20-45)24-32-34(42-49-6-3)26-37(40(50-36,39(32)38)48-23-5-2)44-35(27-41-43-44)28-14-8-7-9-15-28/h4-5,7-9,14-15,18-19,24-25,27,29,31,37-39,45-46H,1-2,6,10-13,16-17,20-23,26H2,3H3. The third kappa shape index (κ3) is 7.02. The maximum Gasteiger partial charge on any atom is 0.241 e. The van der Waals surface area contributed by atoms with Gasteiger partial charge in [0.25, 0.3) is 0 Å². The summed E-state index contributed by atoms with van der Waals surface area (Å²) >= 11 is 0. The fraction of sp³-hybridized carbons (Fsp3) is 0.475. The molecule has 0 spiro atoms. The first-order valence-electron chi connectivity index (χ1n) is 18.0. The smallest absolute Gasteiger partial charge is 0.241 e. The van der Waals surface area contributed by atoms with E-state index in [0.717, 1.165) is 78.1 Å². The number of aliphatic hydroxyl groups is 2. The van der Waals surface area contributed by atoms with Crippen LogP contribution in [0, 0.1) is 17.8 Å². The molecule has 10 heteroatoms. The normalized spacial score (nSPS) is 25.9. The Hall–Kier alpha value is -4.25. The Kier molecular flexibility index (Phi) is 11.8. The monoisotopic (exact) mass is 682 g/mol. The second-order valence-electron chi connectivity index (χ2n) is 13.2. The number of aromatic nitrogens is 3. The zero-order valence-electron chi connectivity index (χ0n) is 29.0. The average molecular weight is 683 g/mol. The van der Waals surface area contributed by atoms with Gasteiger partial charge in [-0.3, -0.25) is 0 Å². The molecule has 3 aliphatic rings. The Morgan fingerprint density at radius 1 is 1.02 bits per heavy atom. The molecule has 0 radical (unpaired) electrons. The summed E-state index contributed by atoms with van der Waals surface area (Å²) < 4.78 is 22.3. The first kappa shape index (κ1) is 35.6. The number of allylic oxidation sites excluding steroid dienone is 1. The summed E-state index contributed by atoms with van der Waals surface area (Å²) in [6.07, 6.45) is 13.1. The number of benzene rings is 2. The van der Waals surface area contributed by atoms with Crippen LogP contribution in [0.15, 0.2) is 96.8 Å². The van der Waals surface area contributed by atoms with Crippen molar-refractivity contribution < 1.29 is 29.3 Å². The number of nitrogens with zero attached hydrogens (tertiary/aromatic N) is 4. The summed E-state index contributed by atoms with van der Waals surface area (Å²) in [7, 11) is 0. The molecule has 266 valence electrons. The molecule has 2 aliphatic carbocycles. The molecule has 2 heterocycles. The van der Waals surface area contributed by atoms with E-state index in [9.17, 15) is 10.2 Å². The minimum Gasteiger partial charge on any atom is -0.490 e.